The van der Waals surface area contributed by atoms with Gasteiger partial charge in [0.2, 0.25) is 5.91 Å². The van der Waals surface area contributed by atoms with Crippen LogP contribution in [0.25, 0.3) is 0 Å². The highest BCUT2D eigenvalue weighted by Crippen LogP contribution is 2.19. The molecule has 0 unspecified atom stereocenters. The van der Waals surface area contributed by atoms with Crippen molar-refractivity contribution in [2.75, 3.05) is 7.11 Å². The lowest BCUT2D eigenvalue weighted by Gasteiger charge is -2.33. The largest absolute Gasteiger partial charge is 0.460 e. The van der Waals surface area contributed by atoms with Crippen molar-refractivity contribution >= 4 is 11.9 Å². The van der Waals surface area contributed by atoms with Gasteiger partial charge in [0, 0.05) is 7.11 Å². The van der Waals surface area contributed by atoms with Gasteiger partial charge in [-0.2, -0.15) is 0 Å². The fourth-order valence-electron chi connectivity index (χ4n) is 2.32. The van der Waals surface area contributed by atoms with E-state index < -0.39 is 17.7 Å². The number of ether oxygens (including phenoxy) is 2. The predicted molar refractivity (Wildman–Crippen MR) is 95.5 cm³/mol. The van der Waals surface area contributed by atoms with Crippen LogP contribution in [0, 0.1) is 11.8 Å². The third-order valence-electron chi connectivity index (χ3n) is 4.08. The zero-order valence-corrected chi connectivity index (χ0v) is 16.5. The molecular weight excluding hydrogens is 308 g/mol. The first-order valence-electron chi connectivity index (χ1n) is 8.73. The Hall–Kier alpha value is -1.14. The van der Waals surface area contributed by atoms with Crippen LogP contribution in [0.15, 0.2) is 0 Å². The lowest BCUT2D eigenvalue weighted by molar-refractivity contribution is -0.158. The molecule has 0 aliphatic heterocycles. The molecule has 0 aromatic heterocycles. The number of carbonyl (C=O) groups excluding carboxylic acids is 2. The van der Waals surface area contributed by atoms with Crippen LogP contribution in [0.1, 0.15) is 61.3 Å². The van der Waals surface area contributed by atoms with Crippen molar-refractivity contribution in [3.63, 3.8) is 0 Å². The van der Waals surface area contributed by atoms with E-state index in [1.54, 1.807) is 7.11 Å². The van der Waals surface area contributed by atoms with E-state index >= 15 is 0 Å². The summed E-state index contributed by atoms with van der Waals surface area (Å²) in [6.07, 6.45) is 0.467. The van der Waals surface area contributed by atoms with E-state index in [1.165, 1.54) is 0 Å². The summed E-state index contributed by atoms with van der Waals surface area (Å²) in [6.45, 7) is 13.3. The number of hydrogen-bond acceptors (Lipinski definition) is 5. The fourth-order valence-corrected chi connectivity index (χ4v) is 2.32. The van der Waals surface area contributed by atoms with Gasteiger partial charge >= 0.3 is 5.97 Å². The molecular formula is C18H36N2O4. The van der Waals surface area contributed by atoms with Crippen molar-refractivity contribution in [3.05, 3.63) is 0 Å². The zero-order chi connectivity index (χ0) is 19.1. The maximum absolute atomic E-state index is 12.3. The molecule has 0 spiro atoms. The Kier molecular flexibility index (Phi) is 9.51. The highest BCUT2D eigenvalue weighted by atomic mass is 16.6. The first-order chi connectivity index (χ1) is 10.9. The molecule has 3 N–H and O–H groups in total. The van der Waals surface area contributed by atoms with Gasteiger partial charge in [-0.25, -0.2) is 0 Å². The minimum Gasteiger partial charge on any atom is -0.460 e. The third-order valence-corrected chi connectivity index (χ3v) is 4.08. The SMILES string of the molecule is CC[C@H](C)[C@H](NC(=O)[C@@H](N)C(C)C)[C@@H](CC(=O)OC(C)(C)C)OC. The zero-order valence-electron chi connectivity index (χ0n) is 16.5. The molecule has 0 saturated carbocycles. The van der Waals surface area contributed by atoms with Crippen molar-refractivity contribution in [1.29, 1.82) is 0 Å². The quantitative estimate of drug-likeness (QED) is 0.626. The van der Waals surface area contributed by atoms with Gasteiger partial charge in [-0.05, 0) is 32.6 Å². The van der Waals surface area contributed by atoms with Gasteiger partial charge in [-0.3, -0.25) is 9.59 Å². The Morgan fingerprint density at radius 2 is 1.71 bits per heavy atom. The maximum atomic E-state index is 12.3. The van der Waals surface area contributed by atoms with Crippen LogP contribution >= 0.6 is 0 Å². The van der Waals surface area contributed by atoms with E-state index in [9.17, 15) is 9.59 Å². The number of carbonyl (C=O) groups is 2. The molecule has 0 aliphatic carbocycles. The molecule has 0 bridgehead atoms. The molecule has 0 fully saturated rings. The lowest BCUT2D eigenvalue weighted by Crippen LogP contribution is -2.54. The van der Waals surface area contributed by atoms with Crippen molar-refractivity contribution in [1.82, 2.24) is 5.32 Å². The standard InChI is InChI=1S/C18H36N2O4/c1-9-12(4)16(20-17(22)15(19)11(2)3)13(23-8)10-14(21)24-18(5,6)7/h11-13,15-16H,9-10,19H2,1-8H3,(H,20,22)/t12-,13+,15-,16-/m0/s1. The molecule has 0 heterocycles. The van der Waals surface area contributed by atoms with Crippen LogP contribution in [0.4, 0.5) is 0 Å². The lowest BCUT2D eigenvalue weighted by atomic mass is 9.91. The summed E-state index contributed by atoms with van der Waals surface area (Å²) in [5.74, 6) is -0.387. The Balaban J connectivity index is 5.11. The summed E-state index contributed by atoms with van der Waals surface area (Å²) in [6, 6.07) is -0.889. The summed E-state index contributed by atoms with van der Waals surface area (Å²) in [5.41, 5.74) is 5.38. The van der Waals surface area contributed by atoms with Gasteiger partial charge in [-0.15, -0.1) is 0 Å². The smallest absolute Gasteiger partial charge is 0.309 e. The Bertz CT molecular complexity index is 404. The van der Waals surface area contributed by atoms with Crippen LogP contribution < -0.4 is 11.1 Å². The number of nitrogens with two attached hydrogens (primary N) is 1. The van der Waals surface area contributed by atoms with Gasteiger partial charge in [0.1, 0.15) is 5.60 Å². The number of hydrogen-bond donors (Lipinski definition) is 2. The Morgan fingerprint density at radius 1 is 1.17 bits per heavy atom. The molecule has 0 aromatic carbocycles. The number of esters is 1. The van der Waals surface area contributed by atoms with E-state index in [0.717, 1.165) is 6.42 Å². The Morgan fingerprint density at radius 3 is 2.08 bits per heavy atom. The molecule has 0 saturated heterocycles. The van der Waals surface area contributed by atoms with E-state index in [2.05, 4.69) is 5.32 Å². The molecule has 0 aromatic rings. The number of rotatable bonds is 9. The fraction of sp³-hybridized carbons (Fsp3) is 0.889. The molecule has 24 heavy (non-hydrogen) atoms. The van der Waals surface area contributed by atoms with Crippen molar-refractivity contribution in [3.8, 4) is 0 Å². The second-order valence-corrected chi connectivity index (χ2v) is 7.75. The molecule has 6 nitrogen and oxygen atoms in total. The minimum atomic E-state index is -0.587. The third kappa shape index (κ3) is 8.11. The predicted octanol–water partition coefficient (Wildman–Crippen LogP) is 2.25. The molecule has 0 rings (SSSR count). The summed E-state index contributed by atoms with van der Waals surface area (Å²) >= 11 is 0. The van der Waals surface area contributed by atoms with Gasteiger partial charge < -0.3 is 20.5 Å². The molecule has 1 amide bonds. The van der Waals surface area contributed by atoms with Gasteiger partial charge in [-0.1, -0.05) is 34.1 Å². The van der Waals surface area contributed by atoms with Gasteiger partial charge in [0.15, 0.2) is 0 Å². The topological polar surface area (TPSA) is 90.7 Å². The average Bonchev–Trinajstić information content (AvgIpc) is 2.46. The Labute approximate surface area is 146 Å². The molecule has 0 aliphatic rings. The second kappa shape index (κ2) is 9.99. The normalized spacial score (nSPS) is 17.1. The van der Waals surface area contributed by atoms with Crippen LogP contribution in [0.2, 0.25) is 0 Å². The van der Waals surface area contributed by atoms with E-state index in [-0.39, 0.29) is 36.2 Å². The summed E-state index contributed by atoms with van der Waals surface area (Å²) in [5, 5.41) is 2.97. The minimum absolute atomic E-state index is 0.0365. The van der Waals surface area contributed by atoms with E-state index in [0.29, 0.717) is 0 Å². The van der Waals surface area contributed by atoms with Crippen LogP contribution in [0.5, 0.6) is 0 Å². The molecule has 4 atom stereocenters. The molecule has 0 radical (unpaired) electrons. The van der Waals surface area contributed by atoms with Crippen molar-refractivity contribution < 1.29 is 19.1 Å². The summed E-state index contributed by atoms with van der Waals surface area (Å²) in [7, 11) is 1.54. The van der Waals surface area contributed by atoms with Crippen LogP contribution in [0.3, 0.4) is 0 Å². The number of methoxy groups -OCH3 is 1. The van der Waals surface area contributed by atoms with Crippen molar-refractivity contribution in [2.24, 2.45) is 17.6 Å². The summed E-state index contributed by atoms with van der Waals surface area (Å²) < 4.78 is 10.9. The van der Waals surface area contributed by atoms with Gasteiger partial charge in [0.05, 0.1) is 24.6 Å². The van der Waals surface area contributed by atoms with E-state index in [4.69, 9.17) is 15.2 Å². The first-order valence-corrected chi connectivity index (χ1v) is 8.73. The molecule has 6 heteroatoms. The number of nitrogens with one attached hydrogen (secondary N) is 1. The maximum Gasteiger partial charge on any atom is 0.309 e. The monoisotopic (exact) mass is 344 g/mol. The van der Waals surface area contributed by atoms with E-state index in [1.807, 2.05) is 48.5 Å². The van der Waals surface area contributed by atoms with Gasteiger partial charge in [0.25, 0.3) is 0 Å². The second-order valence-electron chi connectivity index (χ2n) is 7.75. The van der Waals surface area contributed by atoms with Crippen molar-refractivity contribution in [2.45, 2.75) is 85.1 Å². The van der Waals surface area contributed by atoms with Crippen LogP contribution in [-0.2, 0) is 19.1 Å². The van der Waals surface area contributed by atoms with Crippen LogP contribution in [-0.4, -0.2) is 42.8 Å². The highest BCUT2D eigenvalue weighted by Gasteiger charge is 2.32. The first kappa shape index (κ1) is 22.9. The number of amides is 1. The highest BCUT2D eigenvalue weighted by molar-refractivity contribution is 5.82. The molecule has 142 valence electrons. The average molecular weight is 344 g/mol. The summed E-state index contributed by atoms with van der Waals surface area (Å²) in [4.78, 5) is 24.5.